The van der Waals surface area contributed by atoms with Crippen molar-refractivity contribution in [3.63, 3.8) is 0 Å². The second-order valence-electron chi connectivity index (χ2n) is 6.52. The Bertz CT molecular complexity index is 1000. The number of hydrogen-bond acceptors (Lipinski definition) is 1. The maximum atomic E-state index is 13.2. The fourth-order valence-electron chi connectivity index (χ4n) is 3.57. The smallest absolute Gasteiger partial charge is 0.327 e. The molecule has 0 fully saturated rings. The quantitative estimate of drug-likeness (QED) is 0.588. The van der Waals surface area contributed by atoms with Crippen LogP contribution in [0.3, 0.4) is 0 Å². The summed E-state index contributed by atoms with van der Waals surface area (Å²) >= 11 is 0. The highest BCUT2D eigenvalue weighted by atomic mass is 19.4. The molecule has 0 radical (unpaired) electrons. The molecular weight excluding hydrogens is 351 g/mol. The van der Waals surface area contributed by atoms with E-state index in [9.17, 15) is 18.0 Å². The van der Waals surface area contributed by atoms with Gasteiger partial charge in [0.1, 0.15) is 0 Å². The molecule has 27 heavy (non-hydrogen) atoms. The Kier molecular flexibility index (Phi) is 4.22. The number of alkyl halides is 3. The minimum Gasteiger partial charge on any atom is -0.327 e. The van der Waals surface area contributed by atoms with E-state index in [0.717, 1.165) is 23.4 Å². The van der Waals surface area contributed by atoms with Crippen LogP contribution in [0.15, 0.2) is 79.1 Å². The van der Waals surface area contributed by atoms with E-state index in [1.54, 1.807) is 6.07 Å². The van der Waals surface area contributed by atoms with Gasteiger partial charge in [-0.1, -0.05) is 42.5 Å². The number of Topliss-reactive ketones (excluding diaryl/α,β-unsaturated/α-hetero) is 1. The number of rotatable bonds is 3. The fourth-order valence-corrected chi connectivity index (χ4v) is 3.57. The molecule has 4 rings (SSSR count). The van der Waals surface area contributed by atoms with Crippen molar-refractivity contribution in [2.24, 2.45) is 0 Å². The van der Waals surface area contributed by atoms with Crippen LogP contribution in [0.5, 0.6) is 0 Å². The van der Waals surface area contributed by atoms with Gasteiger partial charge in [-0.15, -0.1) is 0 Å². The average molecular weight is 367 g/mol. The van der Waals surface area contributed by atoms with E-state index in [4.69, 9.17) is 0 Å². The van der Waals surface area contributed by atoms with Gasteiger partial charge in [-0.25, -0.2) is 0 Å². The molecule has 2 aromatic carbocycles. The van der Waals surface area contributed by atoms with Gasteiger partial charge < -0.3 is 4.57 Å². The standard InChI is InChI=1S/C22H16F3NO/c23-22(24,25)17-10-6-9-16(13-17)20-19(26-11-4-5-12-26)14-18(21(20)27)15-7-2-1-3-8-15/h1-13,18H,14H2. The van der Waals surface area contributed by atoms with E-state index in [0.29, 0.717) is 17.6 Å². The third-order valence-electron chi connectivity index (χ3n) is 4.85. The van der Waals surface area contributed by atoms with E-state index in [1.165, 1.54) is 6.07 Å². The summed E-state index contributed by atoms with van der Waals surface area (Å²) < 4.78 is 41.3. The summed E-state index contributed by atoms with van der Waals surface area (Å²) in [7, 11) is 0. The monoisotopic (exact) mass is 367 g/mol. The number of ketones is 1. The van der Waals surface area contributed by atoms with Crippen molar-refractivity contribution < 1.29 is 18.0 Å². The first-order chi connectivity index (χ1) is 12.9. The fraction of sp³-hybridized carbons (Fsp3) is 0.136. The van der Waals surface area contributed by atoms with Crippen molar-refractivity contribution >= 4 is 17.1 Å². The first-order valence-corrected chi connectivity index (χ1v) is 8.58. The number of halogens is 3. The molecule has 136 valence electrons. The molecule has 1 aromatic heterocycles. The van der Waals surface area contributed by atoms with Gasteiger partial charge in [0.2, 0.25) is 0 Å². The third-order valence-corrected chi connectivity index (χ3v) is 4.85. The minimum absolute atomic E-state index is 0.149. The summed E-state index contributed by atoms with van der Waals surface area (Å²) in [5.41, 5.74) is 1.49. The molecule has 0 amide bonds. The lowest BCUT2D eigenvalue weighted by atomic mass is 9.92. The van der Waals surface area contributed by atoms with Gasteiger partial charge in [0.25, 0.3) is 0 Å². The predicted molar refractivity (Wildman–Crippen MR) is 97.8 cm³/mol. The number of hydrogen-bond donors (Lipinski definition) is 0. The molecule has 0 saturated heterocycles. The Morgan fingerprint density at radius 3 is 2.26 bits per heavy atom. The zero-order valence-corrected chi connectivity index (χ0v) is 14.3. The van der Waals surface area contributed by atoms with E-state index in [-0.39, 0.29) is 5.78 Å². The third kappa shape index (κ3) is 3.21. The van der Waals surface area contributed by atoms with Crippen molar-refractivity contribution in [3.05, 3.63) is 95.8 Å². The topological polar surface area (TPSA) is 22.0 Å². The van der Waals surface area contributed by atoms with E-state index < -0.39 is 17.7 Å². The highest BCUT2D eigenvalue weighted by Crippen LogP contribution is 2.43. The minimum atomic E-state index is -4.45. The van der Waals surface area contributed by atoms with Crippen LogP contribution in [-0.2, 0) is 11.0 Å². The first-order valence-electron chi connectivity index (χ1n) is 8.58. The normalized spacial score (nSPS) is 17.6. The van der Waals surface area contributed by atoms with Crippen LogP contribution >= 0.6 is 0 Å². The van der Waals surface area contributed by atoms with E-state index in [1.807, 2.05) is 59.4 Å². The summed E-state index contributed by atoms with van der Waals surface area (Å²) in [5.74, 6) is -0.544. The van der Waals surface area contributed by atoms with Gasteiger partial charge in [0.05, 0.1) is 11.5 Å². The van der Waals surface area contributed by atoms with Crippen molar-refractivity contribution in [1.29, 1.82) is 0 Å². The molecule has 0 spiro atoms. The molecule has 0 N–H and O–H groups in total. The molecule has 0 bridgehead atoms. The summed E-state index contributed by atoms with van der Waals surface area (Å²) in [5, 5.41) is 0. The van der Waals surface area contributed by atoms with Crippen molar-refractivity contribution in [2.45, 2.75) is 18.5 Å². The van der Waals surface area contributed by atoms with Crippen LogP contribution in [0.1, 0.15) is 29.0 Å². The number of carbonyl (C=O) groups is 1. The molecule has 1 aliphatic rings. The van der Waals surface area contributed by atoms with Gasteiger partial charge in [0.15, 0.2) is 5.78 Å². The molecule has 2 nitrogen and oxygen atoms in total. The molecule has 5 heteroatoms. The summed E-state index contributed by atoms with van der Waals surface area (Å²) in [6.07, 6.45) is -0.388. The van der Waals surface area contributed by atoms with Crippen LogP contribution in [0.2, 0.25) is 0 Å². The lowest BCUT2D eigenvalue weighted by Crippen LogP contribution is -2.09. The maximum Gasteiger partial charge on any atom is 0.416 e. The molecular formula is C22H16F3NO. The Morgan fingerprint density at radius 1 is 0.889 bits per heavy atom. The number of aromatic nitrogens is 1. The van der Waals surface area contributed by atoms with Crippen molar-refractivity contribution in [3.8, 4) is 0 Å². The van der Waals surface area contributed by atoms with Crippen LogP contribution in [0.4, 0.5) is 13.2 Å². The van der Waals surface area contributed by atoms with Crippen molar-refractivity contribution in [2.75, 3.05) is 0 Å². The lowest BCUT2D eigenvalue weighted by molar-refractivity contribution is -0.137. The second kappa shape index (κ2) is 6.58. The Labute approximate surface area is 154 Å². The lowest BCUT2D eigenvalue weighted by Gasteiger charge is -2.11. The Balaban J connectivity index is 1.84. The predicted octanol–water partition coefficient (Wildman–Crippen LogP) is 5.63. The average Bonchev–Trinajstić information content (AvgIpc) is 3.29. The van der Waals surface area contributed by atoms with Gasteiger partial charge in [-0.05, 0) is 35.4 Å². The zero-order valence-electron chi connectivity index (χ0n) is 14.3. The van der Waals surface area contributed by atoms with E-state index in [2.05, 4.69) is 0 Å². The number of nitrogens with zero attached hydrogens (tertiary/aromatic N) is 1. The molecule has 3 aromatic rings. The van der Waals surface area contributed by atoms with Crippen LogP contribution in [-0.4, -0.2) is 10.4 Å². The van der Waals surface area contributed by atoms with Gasteiger partial charge >= 0.3 is 6.18 Å². The van der Waals surface area contributed by atoms with E-state index >= 15 is 0 Å². The second-order valence-corrected chi connectivity index (χ2v) is 6.52. The molecule has 0 aliphatic heterocycles. The van der Waals surface area contributed by atoms with Crippen LogP contribution in [0.25, 0.3) is 11.3 Å². The van der Waals surface area contributed by atoms with Gasteiger partial charge in [-0.3, -0.25) is 4.79 Å². The first kappa shape index (κ1) is 17.3. The SMILES string of the molecule is O=C1C(c2cccc(C(F)(F)F)c2)=C(n2cccc2)CC1c1ccccc1. The summed E-state index contributed by atoms with van der Waals surface area (Å²) in [4.78, 5) is 13.2. The van der Waals surface area contributed by atoms with Crippen molar-refractivity contribution in [1.82, 2.24) is 4.57 Å². The molecule has 1 aliphatic carbocycles. The summed E-state index contributed by atoms with van der Waals surface area (Å²) in [6.45, 7) is 0. The number of benzene rings is 2. The largest absolute Gasteiger partial charge is 0.416 e. The van der Waals surface area contributed by atoms with Gasteiger partial charge in [0, 0.05) is 30.1 Å². The zero-order chi connectivity index (χ0) is 19.0. The highest BCUT2D eigenvalue weighted by Gasteiger charge is 2.37. The van der Waals surface area contributed by atoms with Gasteiger partial charge in [-0.2, -0.15) is 13.2 Å². The maximum absolute atomic E-state index is 13.2. The number of carbonyl (C=O) groups excluding carboxylic acids is 1. The van der Waals surface area contributed by atoms with Crippen LogP contribution < -0.4 is 0 Å². The molecule has 0 saturated carbocycles. The highest BCUT2D eigenvalue weighted by molar-refractivity contribution is 6.31. The molecule has 1 atom stereocenters. The summed E-state index contributed by atoms with van der Waals surface area (Å²) in [6, 6.07) is 18.0. The molecule has 1 heterocycles. The Morgan fingerprint density at radius 2 is 1.59 bits per heavy atom. The molecule has 1 unspecified atom stereocenters. The van der Waals surface area contributed by atoms with Crippen LogP contribution in [0, 0.1) is 0 Å². The number of allylic oxidation sites excluding steroid dienone is 2. The Hall–Kier alpha value is -3.08.